The lowest BCUT2D eigenvalue weighted by atomic mass is 9.94. The minimum Gasteiger partial charge on any atom is -0.334 e. The van der Waals surface area contributed by atoms with Gasteiger partial charge in [0.25, 0.3) is 11.5 Å². The normalized spacial score (nSPS) is 23.0. The lowest BCUT2D eigenvalue weighted by Crippen LogP contribution is -2.48. The molecule has 3 fully saturated rings. The smallest absolute Gasteiger partial charge is 0.260 e. The molecule has 136 valence electrons. The highest BCUT2D eigenvalue weighted by Gasteiger charge is 2.38. The number of carbonyl (C=O) groups is 1. The highest BCUT2D eigenvalue weighted by Crippen LogP contribution is 2.29. The number of rotatable bonds is 3. The maximum absolute atomic E-state index is 13.0. The van der Waals surface area contributed by atoms with E-state index in [0.717, 1.165) is 32.5 Å². The number of aromatic amines is 1. The summed E-state index contributed by atoms with van der Waals surface area (Å²) in [6, 6.07) is 12.0. The summed E-state index contributed by atoms with van der Waals surface area (Å²) in [5, 5.41) is 0.374. The van der Waals surface area contributed by atoms with Crippen molar-refractivity contribution in [3.63, 3.8) is 0 Å². The third-order valence-corrected chi connectivity index (χ3v) is 5.62. The summed E-state index contributed by atoms with van der Waals surface area (Å²) in [5.41, 5.74) is 1.05. The molecule has 6 heteroatoms. The maximum atomic E-state index is 13.0. The van der Waals surface area contributed by atoms with Crippen LogP contribution in [0, 0.1) is 5.92 Å². The van der Waals surface area contributed by atoms with Crippen LogP contribution in [0.15, 0.2) is 47.4 Å². The Balaban J connectivity index is 1.54. The van der Waals surface area contributed by atoms with E-state index in [0.29, 0.717) is 17.5 Å². The van der Waals surface area contributed by atoms with Crippen LogP contribution < -0.4 is 5.56 Å². The summed E-state index contributed by atoms with van der Waals surface area (Å²) in [7, 11) is 0. The number of halogens is 1. The Morgan fingerprint density at radius 3 is 2.77 bits per heavy atom. The van der Waals surface area contributed by atoms with Gasteiger partial charge >= 0.3 is 0 Å². The topological polar surface area (TPSA) is 56.4 Å². The van der Waals surface area contributed by atoms with E-state index >= 15 is 0 Å². The number of hydrogen-bond donors (Lipinski definition) is 1. The molecule has 26 heavy (non-hydrogen) atoms. The molecule has 3 saturated heterocycles. The first-order valence-corrected chi connectivity index (χ1v) is 9.43. The fourth-order valence-electron chi connectivity index (χ4n) is 4.17. The molecule has 0 saturated carbocycles. The zero-order chi connectivity index (χ0) is 18.1. The van der Waals surface area contributed by atoms with Gasteiger partial charge in [-0.1, -0.05) is 41.9 Å². The summed E-state index contributed by atoms with van der Waals surface area (Å²) in [4.78, 5) is 32.0. The van der Waals surface area contributed by atoms with Gasteiger partial charge in [-0.2, -0.15) is 0 Å². The minimum atomic E-state index is -0.374. The van der Waals surface area contributed by atoms with Crippen LogP contribution in [0.5, 0.6) is 0 Å². The van der Waals surface area contributed by atoms with Gasteiger partial charge < -0.3 is 9.88 Å². The number of H-pyrrole nitrogens is 1. The number of carbonyl (C=O) groups excluding carboxylic acids is 1. The molecule has 3 aliphatic heterocycles. The second-order valence-corrected chi connectivity index (χ2v) is 7.73. The second-order valence-electron chi connectivity index (χ2n) is 7.30. The molecule has 3 aliphatic rings. The number of nitrogens with zero attached hydrogens (tertiary/aromatic N) is 2. The van der Waals surface area contributed by atoms with Crippen LogP contribution in [0.1, 0.15) is 28.8 Å². The SMILES string of the molecule is O=C(c1cc(Cl)c[nH]c1=O)N1C[C@H]2CC[C@@H]1CN(Cc1ccccc1)C2. The van der Waals surface area contributed by atoms with Crippen molar-refractivity contribution in [1.29, 1.82) is 0 Å². The predicted octanol–water partition coefficient (Wildman–Crippen LogP) is 2.76. The van der Waals surface area contributed by atoms with Gasteiger partial charge in [0.05, 0.1) is 5.02 Å². The average Bonchev–Trinajstić information content (AvgIpc) is 2.94. The number of piperidine rings is 1. The number of amides is 1. The van der Waals surface area contributed by atoms with Crippen molar-refractivity contribution < 1.29 is 4.79 Å². The zero-order valence-electron chi connectivity index (χ0n) is 14.5. The number of nitrogens with one attached hydrogen (secondary N) is 1. The molecule has 0 radical (unpaired) electrons. The number of fused-ring (bicyclic) bond motifs is 4. The number of hydrogen-bond acceptors (Lipinski definition) is 3. The summed E-state index contributed by atoms with van der Waals surface area (Å²) in [5.74, 6) is 0.240. The van der Waals surface area contributed by atoms with Gasteiger partial charge in [0.15, 0.2) is 0 Å². The molecule has 1 aromatic carbocycles. The Hall–Kier alpha value is -2.11. The van der Waals surface area contributed by atoms with E-state index in [1.165, 1.54) is 17.8 Å². The fourth-order valence-corrected chi connectivity index (χ4v) is 4.33. The highest BCUT2D eigenvalue weighted by molar-refractivity contribution is 6.30. The molecule has 0 unspecified atom stereocenters. The van der Waals surface area contributed by atoms with Gasteiger partial charge in [0.1, 0.15) is 5.56 Å². The van der Waals surface area contributed by atoms with Gasteiger partial charge in [-0.25, -0.2) is 0 Å². The second kappa shape index (κ2) is 7.25. The molecule has 4 heterocycles. The molecule has 0 spiro atoms. The van der Waals surface area contributed by atoms with Crippen LogP contribution in [0.3, 0.4) is 0 Å². The number of pyridine rings is 1. The molecule has 5 rings (SSSR count). The van der Waals surface area contributed by atoms with Gasteiger partial charge in [-0.3, -0.25) is 14.5 Å². The van der Waals surface area contributed by atoms with Crippen molar-refractivity contribution in [3.8, 4) is 0 Å². The quantitative estimate of drug-likeness (QED) is 0.902. The fraction of sp³-hybridized carbons (Fsp3) is 0.400. The monoisotopic (exact) mass is 371 g/mol. The first-order valence-electron chi connectivity index (χ1n) is 9.05. The Morgan fingerprint density at radius 1 is 1.15 bits per heavy atom. The first kappa shape index (κ1) is 17.3. The van der Waals surface area contributed by atoms with Crippen molar-refractivity contribution in [2.75, 3.05) is 19.6 Å². The summed E-state index contributed by atoms with van der Waals surface area (Å²) in [6.45, 7) is 3.44. The van der Waals surface area contributed by atoms with Crippen LogP contribution in [-0.4, -0.2) is 46.4 Å². The van der Waals surface area contributed by atoms with E-state index < -0.39 is 0 Å². The molecule has 2 aromatic rings. The molecule has 5 nitrogen and oxygen atoms in total. The molecule has 1 amide bonds. The third-order valence-electron chi connectivity index (χ3n) is 5.40. The molecular formula is C20H22ClN3O2. The Morgan fingerprint density at radius 2 is 1.96 bits per heavy atom. The van der Waals surface area contributed by atoms with Crippen LogP contribution in [0.2, 0.25) is 5.02 Å². The lowest BCUT2D eigenvalue weighted by molar-refractivity contribution is 0.0583. The van der Waals surface area contributed by atoms with E-state index in [1.807, 2.05) is 11.0 Å². The van der Waals surface area contributed by atoms with E-state index in [4.69, 9.17) is 11.6 Å². The van der Waals surface area contributed by atoms with Crippen molar-refractivity contribution in [3.05, 3.63) is 69.1 Å². The van der Waals surface area contributed by atoms with Crippen LogP contribution in [0.4, 0.5) is 0 Å². The minimum absolute atomic E-state index is 0.139. The van der Waals surface area contributed by atoms with E-state index in [9.17, 15) is 9.59 Å². The molecule has 0 aliphatic carbocycles. The van der Waals surface area contributed by atoms with E-state index in [2.05, 4.69) is 34.1 Å². The van der Waals surface area contributed by atoms with Gasteiger partial charge in [-0.15, -0.1) is 0 Å². The van der Waals surface area contributed by atoms with Gasteiger partial charge in [0.2, 0.25) is 0 Å². The summed E-state index contributed by atoms with van der Waals surface area (Å²) < 4.78 is 0. The first-order chi connectivity index (χ1) is 12.6. The molecule has 2 atom stereocenters. The Labute approximate surface area is 157 Å². The summed E-state index contributed by atoms with van der Waals surface area (Å²) in [6.07, 6.45) is 3.53. The van der Waals surface area contributed by atoms with Crippen molar-refractivity contribution in [2.24, 2.45) is 5.92 Å². The maximum Gasteiger partial charge on any atom is 0.260 e. The molecule has 2 bridgehead atoms. The molecule has 1 N–H and O–H groups in total. The highest BCUT2D eigenvalue weighted by atomic mass is 35.5. The van der Waals surface area contributed by atoms with Crippen molar-refractivity contribution in [2.45, 2.75) is 25.4 Å². The van der Waals surface area contributed by atoms with Crippen LogP contribution in [0.25, 0.3) is 0 Å². The Bertz CT molecular complexity index is 852. The zero-order valence-corrected chi connectivity index (χ0v) is 15.3. The van der Waals surface area contributed by atoms with Gasteiger partial charge in [-0.05, 0) is 30.4 Å². The largest absolute Gasteiger partial charge is 0.334 e. The summed E-state index contributed by atoms with van der Waals surface area (Å²) >= 11 is 5.98. The number of benzene rings is 1. The number of aromatic nitrogens is 1. The Kier molecular flexibility index (Phi) is 4.83. The van der Waals surface area contributed by atoms with Gasteiger partial charge in [0, 0.05) is 38.4 Å². The van der Waals surface area contributed by atoms with Crippen LogP contribution in [-0.2, 0) is 6.54 Å². The van der Waals surface area contributed by atoms with E-state index in [-0.39, 0.29) is 23.1 Å². The van der Waals surface area contributed by atoms with Crippen molar-refractivity contribution >= 4 is 17.5 Å². The van der Waals surface area contributed by atoms with Crippen LogP contribution >= 0.6 is 11.6 Å². The van der Waals surface area contributed by atoms with Crippen molar-refractivity contribution in [1.82, 2.24) is 14.8 Å². The predicted molar refractivity (Wildman–Crippen MR) is 101 cm³/mol. The molecule has 1 aromatic heterocycles. The van der Waals surface area contributed by atoms with E-state index in [1.54, 1.807) is 0 Å². The standard InChI is InChI=1S/C20H22ClN3O2/c21-16-8-18(19(25)22-9-16)20(26)24-12-15-6-7-17(24)13-23(11-15)10-14-4-2-1-3-5-14/h1-5,8-9,15,17H,6-7,10-13H2,(H,22,25)/t15-,17+/m0/s1. The lowest BCUT2D eigenvalue weighted by Gasteiger charge is -2.36. The molecular weight excluding hydrogens is 350 g/mol. The average molecular weight is 372 g/mol. The third kappa shape index (κ3) is 3.55.